The molecule has 0 fully saturated rings. The van der Waals surface area contributed by atoms with Crippen LogP contribution < -0.4 is 0 Å². The number of carbonyl (C=O) groups is 1. The molecule has 0 aromatic heterocycles. The summed E-state index contributed by atoms with van der Waals surface area (Å²) in [7, 11) is 0. The second-order valence-electron chi connectivity index (χ2n) is 4.27. The van der Waals surface area contributed by atoms with Gasteiger partial charge in [-0.3, -0.25) is 4.79 Å². The summed E-state index contributed by atoms with van der Waals surface area (Å²) in [5.74, 6) is -0.204. The van der Waals surface area contributed by atoms with Crippen molar-refractivity contribution in [2.45, 2.75) is 47.1 Å². The molecule has 0 radical (unpaired) electrons. The Kier molecular flexibility index (Phi) is 4.74. The van der Waals surface area contributed by atoms with Gasteiger partial charge < -0.3 is 4.74 Å². The van der Waals surface area contributed by atoms with E-state index in [2.05, 4.69) is 20.8 Å². The molecule has 0 aliphatic rings. The topological polar surface area (TPSA) is 26.3 Å². The summed E-state index contributed by atoms with van der Waals surface area (Å²) in [5.41, 5.74) is 0.00514. The SMILES string of the molecule is C/C=C\CC(OC(C)=O)C(C)(C)C. The van der Waals surface area contributed by atoms with E-state index in [0.29, 0.717) is 0 Å². The lowest BCUT2D eigenvalue weighted by Crippen LogP contribution is -2.30. The Balaban J connectivity index is 4.28. The van der Waals surface area contributed by atoms with E-state index >= 15 is 0 Å². The van der Waals surface area contributed by atoms with Crippen molar-refractivity contribution < 1.29 is 9.53 Å². The number of hydrogen-bond donors (Lipinski definition) is 0. The third kappa shape index (κ3) is 5.45. The molecule has 13 heavy (non-hydrogen) atoms. The lowest BCUT2D eigenvalue weighted by Gasteiger charge is -2.29. The highest BCUT2D eigenvalue weighted by molar-refractivity contribution is 5.66. The Morgan fingerprint density at radius 1 is 1.46 bits per heavy atom. The Morgan fingerprint density at radius 2 is 2.00 bits per heavy atom. The molecule has 0 spiro atoms. The first-order valence-electron chi connectivity index (χ1n) is 4.66. The summed E-state index contributed by atoms with van der Waals surface area (Å²) in [5, 5.41) is 0. The molecule has 0 aliphatic carbocycles. The van der Waals surface area contributed by atoms with Crippen molar-refractivity contribution in [3.63, 3.8) is 0 Å². The number of hydrogen-bond acceptors (Lipinski definition) is 2. The molecule has 76 valence electrons. The van der Waals surface area contributed by atoms with Crippen LogP contribution in [0.4, 0.5) is 0 Å². The smallest absolute Gasteiger partial charge is 0.302 e. The maximum Gasteiger partial charge on any atom is 0.302 e. The largest absolute Gasteiger partial charge is 0.462 e. The molecule has 0 heterocycles. The number of carbonyl (C=O) groups excluding carboxylic acids is 1. The van der Waals surface area contributed by atoms with Crippen LogP contribution in [0.25, 0.3) is 0 Å². The molecule has 0 N–H and O–H groups in total. The lowest BCUT2D eigenvalue weighted by atomic mass is 9.87. The van der Waals surface area contributed by atoms with Crippen molar-refractivity contribution in [2.75, 3.05) is 0 Å². The summed E-state index contributed by atoms with van der Waals surface area (Å²) >= 11 is 0. The van der Waals surface area contributed by atoms with Crippen molar-refractivity contribution in [3.8, 4) is 0 Å². The maximum absolute atomic E-state index is 10.8. The van der Waals surface area contributed by atoms with Crippen LogP contribution in [0.1, 0.15) is 41.0 Å². The van der Waals surface area contributed by atoms with Crippen LogP contribution >= 0.6 is 0 Å². The molecule has 0 saturated heterocycles. The summed E-state index contributed by atoms with van der Waals surface area (Å²) in [6.45, 7) is 9.64. The first kappa shape index (κ1) is 12.2. The highest BCUT2D eigenvalue weighted by Gasteiger charge is 2.25. The van der Waals surface area contributed by atoms with Gasteiger partial charge in [0.25, 0.3) is 0 Å². The first-order chi connectivity index (χ1) is 5.88. The molecule has 1 atom stereocenters. The normalized spacial score (nSPS) is 14.5. The molecule has 0 aromatic carbocycles. The van der Waals surface area contributed by atoms with Crippen LogP contribution in [0.15, 0.2) is 12.2 Å². The number of esters is 1. The Hall–Kier alpha value is -0.790. The highest BCUT2D eigenvalue weighted by Crippen LogP contribution is 2.25. The van der Waals surface area contributed by atoms with Crippen molar-refractivity contribution >= 4 is 5.97 Å². The molecule has 0 aliphatic heterocycles. The Bertz CT molecular complexity index is 187. The average Bonchev–Trinajstić information content (AvgIpc) is 1.95. The molecule has 0 amide bonds. The highest BCUT2D eigenvalue weighted by atomic mass is 16.5. The quantitative estimate of drug-likeness (QED) is 0.498. The fourth-order valence-corrected chi connectivity index (χ4v) is 1.04. The Morgan fingerprint density at radius 3 is 2.31 bits per heavy atom. The van der Waals surface area contributed by atoms with Gasteiger partial charge in [0.2, 0.25) is 0 Å². The van der Waals surface area contributed by atoms with Gasteiger partial charge >= 0.3 is 5.97 Å². The molecule has 2 heteroatoms. The summed E-state index contributed by atoms with van der Waals surface area (Å²) in [4.78, 5) is 10.8. The van der Waals surface area contributed by atoms with E-state index in [9.17, 15) is 4.79 Å². The van der Waals surface area contributed by atoms with E-state index < -0.39 is 0 Å². The lowest BCUT2D eigenvalue weighted by molar-refractivity contribution is -0.151. The molecular formula is C11H20O2. The van der Waals surface area contributed by atoms with Crippen molar-refractivity contribution in [1.29, 1.82) is 0 Å². The van der Waals surface area contributed by atoms with Gasteiger partial charge in [0.1, 0.15) is 6.10 Å². The number of allylic oxidation sites excluding steroid dienone is 1. The minimum atomic E-state index is -0.204. The van der Waals surface area contributed by atoms with Crippen LogP contribution in [-0.4, -0.2) is 12.1 Å². The fraction of sp³-hybridized carbons (Fsp3) is 0.727. The van der Waals surface area contributed by atoms with E-state index in [0.717, 1.165) is 6.42 Å². The Labute approximate surface area is 81.0 Å². The second-order valence-corrected chi connectivity index (χ2v) is 4.27. The van der Waals surface area contributed by atoms with Crippen molar-refractivity contribution in [1.82, 2.24) is 0 Å². The molecule has 2 nitrogen and oxygen atoms in total. The van der Waals surface area contributed by atoms with Gasteiger partial charge in [-0.1, -0.05) is 32.9 Å². The van der Waals surface area contributed by atoms with Gasteiger partial charge in [-0.25, -0.2) is 0 Å². The van der Waals surface area contributed by atoms with Crippen LogP contribution in [0.3, 0.4) is 0 Å². The van der Waals surface area contributed by atoms with Gasteiger partial charge in [0.05, 0.1) is 0 Å². The minimum absolute atomic E-state index is 0.00514. The van der Waals surface area contributed by atoms with Crippen molar-refractivity contribution in [2.24, 2.45) is 5.41 Å². The van der Waals surface area contributed by atoms with Gasteiger partial charge in [-0.15, -0.1) is 0 Å². The standard InChI is InChI=1S/C11H20O2/c1-6-7-8-10(11(3,4)5)13-9(2)12/h6-7,10H,8H2,1-5H3/b7-6-. The van der Waals surface area contributed by atoms with Crippen LogP contribution in [0.5, 0.6) is 0 Å². The predicted molar refractivity (Wildman–Crippen MR) is 54.4 cm³/mol. The molecule has 0 aromatic rings. The maximum atomic E-state index is 10.8. The number of rotatable bonds is 3. The average molecular weight is 184 g/mol. The van der Waals surface area contributed by atoms with E-state index in [-0.39, 0.29) is 17.5 Å². The van der Waals surface area contributed by atoms with E-state index in [4.69, 9.17) is 4.74 Å². The molecule has 0 bridgehead atoms. The molecule has 0 saturated carbocycles. The third-order valence-electron chi connectivity index (χ3n) is 1.86. The second kappa shape index (κ2) is 5.05. The zero-order chi connectivity index (χ0) is 10.5. The predicted octanol–water partition coefficient (Wildman–Crippen LogP) is 2.93. The van der Waals surface area contributed by atoms with Crippen LogP contribution in [0, 0.1) is 5.41 Å². The summed E-state index contributed by atoms with van der Waals surface area (Å²) < 4.78 is 5.23. The zero-order valence-electron chi connectivity index (χ0n) is 9.26. The first-order valence-corrected chi connectivity index (χ1v) is 4.66. The molecule has 1 unspecified atom stereocenters. The van der Waals surface area contributed by atoms with Gasteiger partial charge in [0, 0.05) is 13.3 Å². The van der Waals surface area contributed by atoms with Gasteiger partial charge in [-0.2, -0.15) is 0 Å². The van der Waals surface area contributed by atoms with Crippen LogP contribution in [0.2, 0.25) is 0 Å². The van der Waals surface area contributed by atoms with Crippen LogP contribution in [-0.2, 0) is 9.53 Å². The van der Waals surface area contributed by atoms with Gasteiger partial charge in [-0.05, 0) is 12.3 Å². The van der Waals surface area contributed by atoms with E-state index in [1.807, 2.05) is 19.1 Å². The molecular weight excluding hydrogens is 164 g/mol. The van der Waals surface area contributed by atoms with E-state index in [1.54, 1.807) is 0 Å². The monoisotopic (exact) mass is 184 g/mol. The summed E-state index contributed by atoms with van der Waals surface area (Å²) in [6.07, 6.45) is 4.77. The van der Waals surface area contributed by atoms with Gasteiger partial charge in [0.15, 0.2) is 0 Å². The summed E-state index contributed by atoms with van der Waals surface area (Å²) in [6, 6.07) is 0. The zero-order valence-corrected chi connectivity index (χ0v) is 9.26. The van der Waals surface area contributed by atoms with E-state index in [1.165, 1.54) is 6.92 Å². The molecule has 0 rings (SSSR count). The van der Waals surface area contributed by atoms with Crippen molar-refractivity contribution in [3.05, 3.63) is 12.2 Å². The minimum Gasteiger partial charge on any atom is -0.462 e. The third-order valence-corrected chi connectivity index (χ3v) is 1.86. The number of ether oxygens (including phenoxy) is 1. The fourth-order valence-electron chi connectivity index (χ4n) is 1.04.